The van der Waals surface area contributed by atoms with Gasteiger partial charge in [-0.1, -0.05) is 24.3 Å². The van der Waals surface area contributed by atoms with Gasteiger partial charge >= 0.3 is 0 Å². The Morgan fingerprint density at radius 1 is 1.19 bits per heavy atom. The summed E-state index contributed by atoms with van der Waals surface area (Å²) in [7, 11) is 0. The Morgan fingerprint density at radius 2 is 1.86 bits per heavy atom. The molecule has 3 nitrogen and oxygen atoms in total. The Kier molecular flexibility index (Phi) is 3.47. The maximum atomic E-state index is 12.5. The van der Waals surface area contributed by atoms with Gasteiger partial charge in [0.2, 0.25) is 0 Å². The number of aryl methyl sites for hydroxylation is 2. The van der Waals surface area contributed by atoms with Crippen LogP contribution >= 0.6 is 11.3 Å². The van der Waals surface area contributed by atoms with E-state index in [-0.39, 0.29) is 5.78 Å². The lowest BCUT2D eigenvalue weighted by atomic mass is 10.0. The van der Waals surface area contributed by atoms with Gasteiger partial charge in [-0.05, 0) is 36.8 Å². The molecule has 4 heteroatoms. The predicted molar refractivity (Wildman–Crippen MR) is 88.0 cm³/mol. The van der Waals surface area contributed by atoms with Crippen LogP contribution in [-0.2, 0) is 6.42 Å². The van der Waals surface area contributed by atoms with Gasteiger partial charge in [0.15, 0.2) is 5.78 Å². The van der Waals surface area contributed by atoms with Crippen LogP contribution in [-0.4, -0.2) is 10.8 Å². The number of Topliss-reactive ketones (excluding diaryl/α,β-unsaturated/α-hetero) is 1. The number of rotatable bonds is 3. The van der Waals surface area contributed by atoms with Gasteiger partial charge in [0.25, 0.3) is 0 Å². The van der Waals surface area contributed by atoms with Crippen molar-refractivity contribution in [1.29, 1.82) is 0 Å². The molecule has 3 aromatic rings. The van der Waals surface area contributed by atoms with Gasteiger partial charge in [-0.25, -0.2) is 4.98 Å². The average Bonchev–Trinajstić information content (AvgIpc) is 2.76. The first-order valence-electron chi connectivity index (χ1n) is 6.79. The van der Waals surface area contributed by atoms with E-state index in [0.29, 0.717) is 17.7 Å². The third-order valence-electron chi connectivity index (χ3n) is 3.60. The Labute approximate surface area is 127 Å². The molecular weight excluding hydrogens is 280 g/mol. The number of carbonyl (C=O) groups is 1. The van der Waals surface area contributed by atoms with Gasteiger partial charge in [-0.2, -0.15) is 0 Å². The second-order valence-electron chi connectivity index (χ2n) is 5.14. The lowest BCUT2D eigenvalue weighted by Gasteiger charge is -2.06. The number of aromatic nitrogens is 1. The molecule has 1 aromatic heterocycles. The van der Waals surface area contributed by atoms with Crippen LogP contribution in [0.15, 0.2) is 36.4 Å². The Balaban J connectivity index is 1.95. The van der Waals surface area contributed by atoms with Crippen molar-refractivity contribution >= 4 is 33.6 Å². The molecule has 2 N–H and O–H groups in total. The first-order chi connectivity index (χ1) is 10.0. The van der Waals surface area contributed by atoms with E-state index in [9.17, 15) is 4.79 Å². The van der Waals surface area contributed by atoms with Crippen LogP contribution in [0.3, 0.4) is 0 Å². The Morgan fingerprint density at radius 3 is 2.48 bits per heavy atom. The second kappa shape index (κ2) is 5.30. The van der Waals surface area contributed by atoms with Crippen molar-refractivity contribution in [1.82, 2.24) is 4.98 Å². The Hall–Kier alpha value is -2.20. The molecule has 0 atom stereocenters. The maximum Gasteiger partial charge on any atom is 0.171 e. The highest BCUT2D eigenvalue weighted by Gasteiger charge is 2.14. The number of benzene rings is 2. The predicted octanol–water partition coefficient (Wildman–Crippen LogP) is 3.92. The van der Waals surface area contributed by atoms with Crippen LogP contribution in [0.5, 0.6) is 0 Å². The average molecular weight is 296 g/mol. The summed E-state index contributed by atoms with van der Waals surface area (Å²) in [5.74, 6) is 0.0204. The molecular formula is C17H16N2OS. The van der Waals surface area contributed by atoms with Crippen LogP contribution in [0.25, 0.3) is 10.8 Å². The van der Waals surface area contributed by atoms with Crippen molar-refractivity contribution < 1.29 is 4.79 Å². The lowest BCUT2D eigenvalue weighted by molar-refractivity contribution is 0.0994. The molecule has 0 amide bonds. The number of nitrogens with zero attached hydrogens (tertiary/aromatic N) is 1. The van der Waals surface area contributed by atoms with Crippen molar-refractivity contribution in [3.05, 3.63) is 57.5 Å². The molecule has 0 bridgehead atoms. The van der Waals surface area contributed by atoms with Gasteiger partial charge in [-0.3, -0.25) is 4.79 Å². The SMILES string of the molecule is Cc1nc(CC(=O)c2cc3ccccc3cc2N)sc1C. The minimum atomic E-state index is 0.0204. The van der Waals surface area contributed by atoms with E-state index in [1.54, 1.807) is 11.3 Å². The summed E-state index contributed by atoms with van der Waals surface area (Å²) in [5, 5.41) is 2.93. The van der Waals surface area contributed by atoms with E-state index in [0.717, 1.165) is 26.4 Å². The summed E-state index contributed by atoms with van der Waals surface area (Å²) in [4.78, 5) is 18.1. The molecule has 2 aromatic carbocycles. The highest BCUT2D eigenvalue weighted by atomic mass is 32.1. The van der Waals surface area contributed by atoms with Crippen LogP contribution in [0, 0.1) is 13.8 Å². The lowest BCUT2D eigenvalue weighted by Crippen LogP contribution is -2.07. The second-order valence-corrected chi connectivity index (χ2v) is 6.42. The van der Waals surface area contributed by atoms with Gasteiger partial charge in [0.05, 0.1) is 12.1 Å². The van der Waals surface area contributed by atoms with Gasteiger partial charge in [-0.15, -0.1) is 11.3 Å². The number of thiazole rings is 1. The zero-order valence-electron chi connectivity index (χ0n) is 12.0. The van der Waals surface area contributed by atoms with Crippen LogP contribution in [0.1, 0.15) is 25.9 Å². The first kappa shape index (κ1) is 13.8. The van der Waals surface area contributed by atoms with Gasteiger partial charge < -0.3 is 5.73 Å². The molecule has 3 rings (SSSR count). The number of carbonyl (C=O) groups excluding carboxylic acids is 1. The molecule has 0 saturated carbocycles. The molecule has 1 heterocycles. The molecule has 0 radical (unpaired) electrons. The fourth-order valence-corrected chi connectivity index (χ4v) is 3.28. The molecule has 0 aliphatic carbocycles. The van der Waals surface area contributed by atoms with Gasteiger partial charge in [0, 0.05) is 16.1 Å². The maximum absolute atomic E-state index is 12.5. The quantitative estimate of drug-likeness (QED) is 0.588. The Bertz CT molecular complexity index is 816. The standard InChI is InChI=1S/C17H16N2OS/c1-10-11(2)21-17(19-10)9-16(20)14-7-12-5-3-4-6-13(12)8-15(14)18/h3-8H,9,18H2,1-2H3. The van der Waals surface area contributed by atoms with E-state index < -0.39 is 0 Å². The van der Waals surface area contributed by atoms with Crippen LogP contribution in [0.2, 0.25) is 0 Å². The number of fused-ring (bicyclic) bond motifs is 1. The highest BCUT2D eigenvalue weighted by molar-refractivity contribution is 7.11. The molecule has 0 saturated heterocycles. The van der Waals surface area contributed by atoms with Crippen molar-refractivity contribution in [2.45, 2.75) is 20.3 Å². The smallest absolute Gasteiger partial charge is 0.171 e. The largest absolute Gasteiger partial charge is 0.398 e. The third kappa shape index (κ3) is 2.67. The number of hydrogen-bond acceptors (Lipinski definition) is 4. The number of anilines is 1. The number of nitrogen functional groups attached to an aromatic ring is 1. The molecule has 0 aliphatic heterocycles. The molecule has 21 heavy (non-hydrogen) atoms. The zero-order valence-corrected chi connectivity index (χ0v) is 12.8. The van der Waals surface area contributed by atoms with E-state index in [1.165, 1.54) is 0 Å². The van der Waals surface area contributed by atoms with E-state index in [2.05, 4.69) is 4.98 Å². The normalized spacial score (nSPS) is 11.0. The molecule has 0 spiro atoms. The molecule has 106 valence electrons. The van der Waals surface area contributed by atoms with E-state index in [1.807, 2.05) is 50.2 Å². The van der Waals surface area contributed by atoms with Gasteiger partial charge in [0.1, 0.15) is 5.01 Å². The summed E-state index contributed by atoms with van der Waals surface area (Å²) in [6, 6.07) is 11.6. The first-order valence-corrected chi connectivity index (χ1v) is 7.60. The zero-order chi connectivity index (χ0) is 15.0. The van der Waals surface area contributed by atoms with Crippen LogP contribution < -0.4 is 5.73 Å². The van der Waals surface area contributed by atoms with Crippen molar-refractivity contribution in [3.8, 4) is 0 Å². The summed E-state index contributed by atoms with van der Waals surface area (Å²) in [6.07, 6.45) is 0.307. The summed E-state index contributed by atoms with van der Waals surface area (Å²) >= 11 is 1.57. The molecule has 0 fully saturated rings. The minimum Gasteiger partial charge on any atom is -0.398 e. The third-order valence-corrected chi connectivity index (χ3v) is 4.68. The monoisotopic (exact) mass is 296 g/mol. The van der Waals surface area contributed by atoms with E-state index >= 15 is 0 Å². The van der Waals surface area contributed by atoms with Crippen LogP contribution in [0.4, 0.5) is 5.69 Å². The molecule has 0 unspecified atom stereocenters. The molecule has 0 aliphatic rings. The van der Waals surface area contributed by atoms with Crippen molar-refractivity contribution in [3.63, 3.8) is 0 Å². The minimum absolute atomic E-state index is 0.0204. The topological polar surface area (TPSA) is 56.0 Å². The summed E-state index contributed by atoms with van der Waals surface area (Å²) < 4.78 is 0. The summed E-state index contributed by atoms with van der Waals surface area (Å²) in [5.41, 5.74) is 8.15. The fourth-order valence-electron chi connectivity index (χ4n) is 2.35. The fraction of sp³-hybridized carbons (Fsp3) is 0.176. The highest BCUT2D eigenvalue weighted by Crippen LogP contribution is 2.24. The van der Waals surface area contributed by atoms with Crippen molar-refractivity contribution in [2.24, 2.45) is 0 Å². The van der Waals surface area contributed by atoms with Crippen molar-refractivity contribution in [2.75, 3.05) is 5.73 Å². The summed E-state index contributed by atoms with van der Waals surface area (Å²) in [6.45, 7) is 3.98. The number of ketones is 1. The van der Waals surface area contributed by atoms with E-state index in [4.69, 9.17) is 5.73 Å². The number of nitrogens with two attached hydrogens (primary N) is 1. The number of hydrogen-bond donors (Lipinski definition) is 1.